The van der Waals surface area contributed by atoms with Crippen molar-refractivity contribution >= 4 is 19.2 Å². The summed E-state index contributed by atoms with van der Waals surface area (Å²) in [5.41, 5.74) is 0.928. The molecule has 106 valence electrons. The summed E-state index contributed by atoms with van der Waals surface area (Å²) >= 11 is 0. The summed E-state index contributed by atoms with van der Waals surface area (Å²) in [6.45, 7) is 8.32. The number of benzene rings is 1. The van der Waals surface area contributed by atoms with E-state index in [0.717, 1.165) is 5.56 Å². The Kier molecular flexibility index (Phi) is 4.14. The highest BCUT2D eigenvalue weighted by Crippen LogP contribution is 2.26. The minimum Gasteiger partial charge on any atom is -0.465 e. The number of esters is 1. The molecule has 0 unspecified atom stereocenters. The Hall–Kier alpha value is -1.81. The Bertz CT molecular complexity index is 565. The van der Waals surface area contributed by atoms with Gasteiger partial charge in [-0.2, -0.15) is 0 Å². The number of carbonyl (C=O) groups excluding carboxylic acids is 1. The summed E-state index contributed by atoms with van der Waals surface area (Å²) in [5.74, 6) is 0.321. The number of furan rings is 1. The highest BCUT2D eigenvalue weighted by molar-refractivity contribution is 6.88. The number of ether oxygens (including phenoxy) is 1. The van der Waals surface area contributed by atoms with E-state index >= 15 is 0 Å². The van der Waals surface area contributed by atoms with Crippen molar-refractivity contribution in [2.45, 2.75) is 32.7 Å². The fourth-order valence-electron chi connectivity index (χ4n) is 2.05. The number of rotatable bonds is 4. The van der Waals surface area contributed by atoms with Crippen LogP contribution in [0, 0.1) is 0 Å². The summed E-state index contributed by atoms with van der Waals surface area (Å²) < 4.78 is 10.8. The van der Waals surface area contributed by atoms with Gasteiger partial charge in [0.25, 0.3) is 0 Å². The van der Waals surface area contributed by atoms with Gasteiger partial charge >= 0.3 is 5.97 Å². The van der Waals surface area contributed by atoms with Crippen LogP contribution in [-0.4, -0.2) is 14.0 Å². The molecule has 0 saturated heterocycles. The minimum atomic E-state index is -1.32. The van der Waals surface area contributed by atoms with Gasteiger partial charge in [-0.25, -0.2) is 0 Å². The quantitative estimate of drug-likeness (QED) is 0.639. The van der Waals surface area contributed by atoms with Crippen LogP contribution in [0.2, 0.25) is 19.6 Å². The van der Waals surface area contributed by atoms with E-state index in [0.29, 0.717) is 5.76 Å². The van der Waals surface area contributed by atoms with Gasteiger partial charge in [-0.15, -0.1) is 0 Å². The molecule has 0 aliphatic heterocycles. The molecule has 0 fully saturated rings. The van der Waals surface area contributed by atoms with Crippen LogP contribution in [0.4, 0.5) is 0 Å². The van der Waals surface area contributed by atoms with Crippen molar-refractivity contribution in [2.24, 2.45) is 0 Å². The first kappa shape index (κ1) is 14.6. The lowest BCUT2D eigenvalue weighted by Gasteiger charge is -2.19. The van der Waals surface area contributed by atoms with E-state index in [4.69, 9.17) is 9.15 Å². The van der Waals surface area contributed by atoms with Gasteiger partial charge in [0.1, 0.15) is 5.76 Å². The summed E-state index contributed by atoms with van der Waals surface area (Å²) in [7, 11) is -1.32. The van der Waals surface area contributed by atoms with Crippen LogP contribution in [0.5, 0.6) is 0 Å². The normalized spacial score (nSPS) is 13.0. The summed E-state index contributed by atoms with van der Waals surface area (Å²) in [4.78, 5) is 11.3. The Balaban J connectivity index is 2.32. The second-order valence-corrected chi connectivity index (χ2v) is 11.0. The third-order valence-electron chi connectivity index (χ3n) is 3.16. The van der Waals surface area contributed by atoms with Crippen molar-refractivity contribution in [1.29, 1.82) is 0 Å². The highest BCUT2D eigenvalue weighted by atomic mass is 28.3. The molecule has 1 atom stereocenters. The second kappa shape index (κ2) is 5.67. The average Bonchev–Trinajstić information content (AvgIpc) is 2.88. The van der Waals surface area contributed by atoms with Gasteiger partial charge in [-0.05, 0) is 12.1 Å². The molecule has 0 aliphatic rings. The lowest BCUT2D eigenvalue weighted by Crippen LogP contribution is -2.37. The zero-order valence-electron chi connectivity index (χ0n) is 12.3. The molecule has 2 rings (SSSR count). The van der Waals surface area contributed by atoms with E-state index in [9.17, 15) is 4.79 Å². The second-order valence-electron chi connectivity index (χ2n) is 5.88. The number of hydrogen-bond acceptors (Lipinski definition) is 3. The van der Waals surface area contributed by atoms with Crippen LogP contribution >= 0.6 is 0 Å². The molecular formula is C16H20O3Si. The molecule has 1 aromatic heterocycles. The van der Waals surface area contributed by atoms with Gasteiger partial charge in [-0.3, -0.25) is 4.79 Å². The molecular weight excluding hydrogens is 268 g/mol. The Labute approximate surface area is 120 Å². The zero-order chi connectivity index (χ0) is 14.8. The van der Waals surface area contributed by atoms with E-state index in [-0.39, 0.29) is 5.97 Å². The third kappa shape index (κ3) is 3.39. The number of carbonyl (C=O) groups is 1. The van der Waals surface area contributed by atoms with Crippen LogP contribution < -0.4 is 5.19 Å². The van der Waals surface area contributed by atoms with Crippen LogP contribution in [0.3, 0.4) is 0 Å². The molecule has 0 saturated carbocycles. The maximum atomic E-state index is 11.3. The summed E-state index contributed by atoms with van der Waals surface area (Å²) in [6.07, 6.45) is 1.11. The van der Waals surface area contributed by atoms with E-state index in [1.807, 2.05) is 18.2 Å². The minimum absolute atomic E-state index is 0.319. The average molecular weight is 288 g/mol. The van der Waals surface area contributed by atoms with Crippen molar-refractivity contribution in [2.75, 3.05) is 0 Å². The zero-order valence-corrected chi connectivity index (χ0v) is 13.3. The molecule has 0 spiro atoms. The van der Waals surface area contributed by atoms with E-state index in [2.05, 4.69) is 31.8 Å². The maximum Gasteiger partial charge on any atom is 0.303 e. The summed E-state index contributed by atoms with van der Waals surface area (Å²) in [6, 6.07) is 11.9. The molecule has 0 bridgehead atoms. The molecule has 1 heterocycles. The molecule has 20 heavy (non-hydrogen) atoms. The standard InChI is InChI=1S/C16H20O3Si/c1-12(17)19-16(15-6-5-11-18-15)13-7-9-14(10-8-13)20(2,3)4/h5-11,16H,1-4H3/t16-/m0/s1. The fraction of sp³-hybridized carbons (Fsp3) is 0.312. The third-order valence-corrected chi connectivity index (χ3v) is 5.23. The lowest BCUT2D eigenvalue weighted by atomic mass is 10.1. The molecule has 4 heteroatoms. The van der Waals surface area contributed by atoms with Crippen LogP contribution in [0.1, 0.15) is 24.4 Å². The molecule has 0 N–H and O–H groups in total. The monoisotopic (exact) mass is 288 g/mol. The molecule has 1 aromatic carbocycles. The Morgan fingerprint density at radius 2 is 1.80 bits per heavy atom. The molecule has 3 nitrogen and oxygen atoms in total. The molecule has 0 aliphatic carbocycles. The van der Waals surface area contributed by atoms with Crippen molar-refractivity contribution < 1.29 is 13.9 Å². The maximum absolute atomic E-state index is 11.3. The van der Waals surface area contributed by atoms with Gasteiger partial charge < -0.3 is 9.15 Å². The largest absolute Gasteiger partial charge is 0.465 e. The lowest BCUT2D eigenvalue weighted by molar-refractivity contribution is -0.145. The van der Waals surface area contributed by atoms with Gasteiger partial charge in [0.05, 0.1) is 14.3 Å². The van der Waals surface area contributed by atoms with Crippen molar-refractivity contribution in [3.63, 3.8) is 0 Å². The summed E-state index contributed by atoms with van der Waals surface area (Å²) in [5, 5.41) is 1.38. The highest BCUT2D eigenvalue weighted by Gasteiger charge is 2.22. The van der Waals surface area contributed by atoms with Crippen molar-refractivity contribution in [3.05, 3.63) is 54.0 Å². The predicted octanol–water partition coefficient (Wildman–Crippen LogP) is 3.48. The smallest absolute Gasteiger partial charge is 0.303 e. The van der Waals surface area contributed by atoms with Crippen LogP contribution in [0.15, 0.2) is 47.1 Å². The molecule has 2 aromatic rings. The van der Waals surface area contributed by atoms with Crippen molar-refractivity contribution in [1.82, 2.24) is 0 Å². The van der Waals surface area contributed by atoms with Gasteiger partial charge in [0.2, 0.25) is 0 Å². The van der Waals surface area contributed by atoms with E-state index in [1.54, 1.807) is 12.3 Å². The van der Waals surface area contributed by atoms with Crippen molar-refractivity contribution in [3.8, 4) is 0 Å². The van der Waals surface area contributed by atoms with E-state index in [1.165, 1.54) is 12.1 Å². The van der Waals surface area contributed by atoms with Crippen LogP contribution in [0.25, 0.3) is 0 Å². The van der Waals surface area contributed by atoms with Gasteiger partial charge in [0, 0.05) is 12.5 Å². The SMILES string of the molecule is CC(=O)O[C@@H](c1ccc([Si](C)(C)C)cc1)c1ccco1. The topological polar surface area (TPSA) is 39.4 Å². The first-order valence-corrected chi connectivity index (χ1v) is 10.2. The first-order valence-electron chi connectivity index (χ1n) is 6.69. The van der Waals surface area contributed by atoms with Gasteiger partial charge in [0.15, 0.2) is 6.10 Å². The molecule has 0 radical (unpaired) electrons. The number of hydrogen-bond donors (Lipinski definition) is 0. The van der Waals surface area contributed by atoms with Crippen LogP contribution in [-0.2, 0) is 9.53 Å². The first-order chi connectivity index (χ1) is 9.38. The Morgan fingerprint density at radius 1 is 1.15 bits per heavy atom. The predicted molar refractivity (Wildman–Crippen MR) is 81.7 cm³/mol. The van der Waals surface area contributed by atoms with E-state index < -0.39 is 14.2 Å². The fourth-order valence-corrected chi connectivity index (χ4v) is 3.22. The molecule has 0 amide bonds. The van der Waals surface area contributed by atoms with Gasteiger partial charge in [-0.1, -0.05) is 49.1 Å². The Morgan fingerprint density at radius 3 is 2.25 bits per heavy atom.